The van der Waals surface area contributed by atoms with E-state index in [2.05, 4.69) is 11.9 Å². The van der Waals surface area contributed by atoms with Gasteiger partial charge in [0, 0.05) is 22.2 Å². The van der Waals surface area contributed by atoms with Gasteiger partial charge in [0.15, 0.2) is 5.17 Å². The number of ether oxygens (including phenoxy) is 1. The first-order valence-corrected chi connectivity index (χ1v) is 12.1. The van der Waals surface area contributed by atoms with Gasteiger partial charge in [-0.05, 0) is 66.2 Å². The second kappa shape index (κ2) is 10.9. The zero-order chi connectivity index (χ0) is 23.2. The number of rotatable bonds is 7. The number of aliphatic imine (C=N–C) groups is 1. The van der Waals surface area contributed by atoms with Gasteiger partial charge in [-0.3, -0.25) is 9.69 Å². The van der Waals surface area contributed by atoms with E-state index in [1.807, 2.05) is 66.7 Å². The highest BCUT2D eigenvalue weighted by atomic mass is 35.5. The maximum atomic E-state index is 13.0. The lowest BCUT2D eigenvalue weighted by molar-refractivity contribution is -0.122. The summed E-state index contributed by atoms with van der Waals surface area (Å²) in [6.07, 6.45) is 2.75. The number of carbonyl (C=O) groups excluding carboxylic acids is 1. The van der Waals surface area contributed by atoms with E-state index < -0.39 is 0 Å². The van der Waals surface area contributed by atoms with E-state index in [0.717, 1.165) is 23.2 Å². The maximum absolute atomic E-state index is 13.0. The van der Waals surface area contributed by atoms with Crippen molar-refractivity contribution < 1.29 is 9.53 Å². The van der Waals surface area contributed by atoms with Gasteiger partial charge in [-0.25, -0.2) is 4.99 Å². The lowest BCUT2D eigenvalue weighted by Crippen LogP contribution is -2.29. The summed E-state index contributed by atoms with van der Waals surface area (Å²) in [4.78, 5) is 20.1. The zero-order valence-electron chi connectivity index (χ0n) is 18.0. The molecule has 0 spiro atoms. The molecule has 4 nitrogen and oxygen atoms in total. The van der Waals surface area contributed by atoms with Crippen LogP contribution in [-0.4, -0.2) is 22.5 Å². The average molecular weight is 497 g/mol. The molecular formula is C26H22Cl2N2O2S. The van der Waals surface area contributed by atoms with Crippen LogP contribution in [0.3, 0.4) is 0 Å². The van der Waals surface area contributed by atoms with Gasteiger partial charge >= 0.3 is 0 Å². The van der Waals surface area contributed by atoms with Crippen molar-refractivity contribution >= 4 is 57.8 Å². The largest absolute Gasteiger partial charge is 0.489 e. The van der Waals surface area contributed by atoms with E-state index in [0.29, 0.717) is 39.0 Å². The number of carbonyl (C=O) groups is 1. The first-order valence-electron chi connectivity index (χ1n) is 10.6. The highest BCUT2D eigenvalue weighted by Gasteiger charge is 2.32. The molecule has 3 aromatic rings. The first kappa shape index (κ1) is 23.4. The molecule has 0 atom stereocenters. The van der Waals surface area contributed by atoms with E-state index in [-0.39, 0.29) is 5.91 Å². The molecule has 0 aliphatic carbocycles. The second-order valence-corrected chi connectivity index (χ2v) is 9.24. The first-order chi connectivity index (χ1) is 16.0. The molecule has 0 unspecified atom stereocenters. The van der Waals surface area contributed by atoms with Crippen LogP contribution in [-0.2, 0) is 11.4 Å². The Morgan fingerprint density at radius 1 is 1.03 bits per heavy atom. The van der Waals surface area contributed by atoms with Gasteiger partial charge in [0.25, 0.3) is 5.91 Å². The number of amides is 1. The molecule has 1 aliphatic rings. The van der Waals surface area contributed by atoms with Crippen LogP contribution >= 0.6 is 35.0 Å². The number of benzene rings is 3. The van der Waals surface area contributed by atoms with E-state index in [9.17, 15) is 4.79 Å². The fourth-order valence-corrected chi connectivity index (χ4v) is 4.72. The normalized spacial score (nSPS) is 16.1. The summed E-state index contributed by atoms with van der Waals surface area (Å²) in [5.41, 5.74) is 2.61. The Kier molecular flexibility index (Phi) is 7.76. The highest BCUT2D eigenvalue weighted by molar-refractivity contribution is 8.18. The highest BCUT2D eigenvalue weighted by Crippen LogP contribution is 2.34. The Balaban J connectivity index is 1.47. The van der Waals surface area contributed by atoms with Gasteiger partial charge in [-0.2, -0.15) is 0 Å². The van der Waals surface area contributed by atoms with E-state index in [1.165, 1.54) is 11.8 Å². The Hall–Kier alpha value is -2.73. The zero-order valence-corrected chi connectivity index (χ0v) is 20.3. The van der Waals surface area contributed by atoms with Crippen molar-refractivity contribution in [3.8, 4) is 5.75 Å². The molecule has 1 aliphatic heterocycles. The van der Waals surface area contributed by atoms with Crippen molar-refractivity contribution in [2.24, 2.45) is 4.99 Å². The molecule has 1 fully saturated rings. The van der Waals surface area contributed by atoms with Crippen LogP contribution in [0.15, 0.2) is 82.7 Å². The van der Waals surface area contributed by atoms with E-state index in [4.69, 9.17) is 27.9 Å². The Morgan fingerprint density at radius 2 is 1.79 bits per heavy atom. The number of amidine groups is 1. The molecule has 1 amide bonds. The Bertz CT molecular complexity index is 1190. The number of halogens is 2. The van der Waals surface area contributed by atoms with Crippen LogP contribution in [0.25, 0.3) is 6.08 Å². The molecule has 7 heteroatoms. The third-order valence-electron chi connectivity index (χ3n) is 4.90. The number of thioether (sulfide) groups is 1. The monoisotopic (exact) mass is 496 g/mol. The summed E-state index contributed by atoms with van der Waals surface area (Å²) in [6.45, 7) is 3.03. The minimum atomic E-state index is -0.0192. The Labute approximate surface area is 207 Å². The minimum absolute atomic E-state index is 0.0192. The smallest absolute Gasteiger partial charge is 0.266 e. The molecule has 0 radical (unpaired) electrons. The number of hydrogen-bond donors (Lipinski definition) is 0. The molecule has 33 heavy (non-hydrogen) atoms. The fraction of sp³-hybridized carbons (Fsp3) is 0.154. The van der Waals surface area contributed by atoms with Crippen molar-refractivity contribution in [3.05, 3.63) is 98.9 Å². The van der Waals surface area contributed by atoms with Gasteiger partial charge in [-0.1, -0.05) is 66.5 Å². The van der Waals surface area contributed by atoms with E-state index in [1.54, 1.807) is 17.0 Å². The molecule has 1 saturated heterocycles. The standard InChI is InChI=1S/C26H22Cl2N2O2S/c1-2-14-30-25(31)24(33-26(30)29-21-6-4-3-5-7-21)15-18-8-12-22(13-9-18)32-17-19-10-11-20(27)16-23(19)28/h3-13,15-16H,2,14,17H2,1H3/b24-15+,29-26?. The van der Waals surface area contributed by atoms with Crippen LogP contribution in [0.2, 0.25) is 10.0 Å². The number of nitrogens with zero attached hydrogens (tertiary/aromatic N) is 2. The van der Waals surface area contributed by atoms with Crippen LogP contribution < -0.4 is 4.74 Å². The van der Waals surface area contributed by atoms with E-state index >= 15 is 0 Å². The van der Waals surface area contributed by atoms with Crippen molar-refractivity contribution in [1.82, 2.24) is 4.90 Å². The predicted octanol–water partition coefficient (Wildman–Crippen LogP) is 7.59. The van der Waals surface area contributed by atoms with Gasteiger partial charge in [0.05, 0.1) is 10.6 Å². The van der Waals surface area contributed by atoms with Crippen molar-refractivity contribution in [3.63, 3.8) is 0 Å². The van der Waals surface area contributed by atoms with Crippen molar-refractivity contribution in [2.45, 2.75) is 20.0 Å². The summed E-state index contributed by atoms with van der Waals surface area (Å²) >= 11 is 13.5. The van der Waals surface area contributed by atoms with Gasteiger partial charge in [-0.15, -0.1) is 0 Å². The lowest BCUT2D eigenvalue weighted by atomic mass is 10.2. The molecule has 4 rings (SSSR count). The van der Waals surface area contributed by atoms with Crippen molar-refractivity contribution in [2.75, 3.05) is 6.54 Å². The van der Waals surface area contributed by atoms with Gasteiger partial charge in [0.1, 0.15) is 12.4 Å². The third-order valence-corrected chi connectivity index (χ3v) is 6.50. The lowest BCUT2D eigenvalue weighted by Gasteiger charge is -2.13. The third kappa shape index (κ3) is 5.99. The molecule has 0 saturated carbocycles. The average Bonchev–Trinajstić information content (AvgIpc) is 3.09. The summed E-state index contributed by atoms with van der Waals surface area (Å²) in [7, 11) is 0. The number of para-hydroxylation sites is 1. The van der Waals surface area contributed by atoms with Crippen LogP contribution in [0.1, 0.15) is 24.5 Å². The SMILES string of the molecule is CCCN1C(=O)/C(=C\c2ccc(OCc3ccc(Cl)cc3Cl)cc2)SC1=Nc1ccccc1. The fourth-order valence-electron chi connectivity index (χ4n) is 3.24. The Morgan fingerprint density at radius 3 is 2.48 bits per heavy atom. The van der Waals surface area contributed by atoms with Gasteiger partial charge in [0.2, 0.25) is 0 Å². The van der Waals surface area contributed by atoms with Crippen molar-refractivity contribution in [1.29, 1.82) is 0 Å². The minimum Gasteiger partial charge on any atom is -0.489 e. The van der Waals surface area contributed by atoms with Gasteiger partial charge < -0.3 is 4.74 Å². The van der Waals surface area contributed by atoms with Crippen LogP contribution in [0.4, 0.5) is 5.69 Å². The molecule has 0 bridgehead atoms. The molecule has 3 aromatic carbocycles. The molecule has 0 N–H and O–H groups in total. The van der Waals surface area contributed by atoms with Crippen LogP contribution in [0, 0.1) is 0 Å². The second-order valence-electron chi connectivity index (χ2n) is 7.39. The molecule has 1 heterocycles. The maximum Gasteiger partial charge on any atom is 0.266 e. The molecule has 0 aromatic heterocycles. The summed E-state index contributed by atoms with van der Waals surface area (Å²) in [5, 5.41) is 1.87. The summed E-state index contributed by atoms with van der Waals surface area (Å²) in [5.74, 6) is 0.696. The summed E-state index contributed by atoms with van der Waals surface area (Å²) < 4.78 is 5.84. The topological polar surface area (TPSA) is 41.9 Å². The number of hydrogen-bond acceptors (Lipinski definition) is 4. The molecule has 168 valence electrons. The predicted molar refractivity (Wildman–Crippen MR) is 138 cm³/mol. The quantitative estimate of drug-likeness (QED) is 0.316. The molecular weight excluding hydrogens is 475 g/mol. The van der Waals surface area contributed by atoms with Crippen LogP contribution in [0.5, 0.6) is 5.75 Å². The summed E-state index contributed by atoms with van der Waals surface area (Å²) in [6, 6.07) is 22.6.